The molecule has 0 radical (unpaired) electrons. The SMILES string of the molecule is CCC1CCCC(OC(F)(F)F)(C(=O)O)C1=O. The molecule has 7 heteroatoms. The van der Waals surface area contributed by atoms with Crippen molar-refractivity contribution in [2.45, 2.75) is 44.6 Å². The maximum absolute atomic E-state index is 12.2. The molecule has 1 N–H and O–H groups in total. The number of hydrogen-bond acceptors (Lipinski definition) is 3. The lowest BCUT2D eigenvalue weighted by Crippen LogP contribution is -2.56. The summed E-state index contributed by atoms with van der Waals surface area (Å²) in [5, 5.41) is 8.89. The summed E-state index contributed by atoms with van der Waals surface area (Å²) >= 11 is 0. The Labute approximate surface area is 95.7 Å². The second kappa shape index (κ2) is 4.64. The van der Waals surface area contributed by atoms with Crippen molar-refractivity contribution in [3.05, 3.63) is 0 Å². The Morgan fingerprint density at radius 3 is 2.59 bits per heavy atom. The molecule has 2 atom stereocenters. The van der Waals surface area contributed by atoms with Gasteiger partial charge in [-0.05, 0) is 25.7 Å². The Kier molecular flexibility index (Phi) is 3.81. The molecule has 1 fully saturated rings. The molecule has 0 amide bonds. The van der Waals surface area contributed by atoms with Gasteiger partial charge in [-0.3, -0.25) is 9.53 Å². The summed E-state index contributed by atoms with van der Waals surface area (Å²) in [4.78, 5) is 22.8. The molecule has 1 saturated carbocycles. The van der Waals surface area contributed by atoms with Crippen molar-refractivity contribution in [1.29, 1.82) is 0 Å². The first-order chi connectivity index (χ1) is 7.73. The van der Waals surface area contributed by atoms with Gasteiger partial charge in [-0.25, -0.2) is 4.79 Å². The van der Waals surface area contributed by atoms with Crippen LogP contribution in [0.4, 0.5) is 13.2 Å². The minimum absolute atomic E-state index is 0.229. The topological polar surface area (TPSA) is 63.6 Å². The second-order valence-corrected chi connectivity index (χ2v) is 4.04. The minimum atomic E-state index is -5.14. The molecule has 2 unspecified atom stereocenters. The number of aliphatic carboxylic acids is 1. The van der Waals surface area contributed by atoms with Crippen LogP contribution in [0, 0.1) is 5.92 Å². The average molecular weight is 254 g/mol. The molecule has 0 aromatic carbocycles. The number of rotatable bonds is 3. The maximum Gasteiger partial charge on any atom is 0.524 e. The lowest BCUT2D eigenvalue weighted by atomic mass is 9.75. The first kappa shape index (κ1) is 14.0. The number of Topliss-reactive ketones (excluding diaryl/α,β-unsaturated/α-hetero) is 1. The summed E-state index contributed by atoms with van der Waals surface area (Å²) in [5.74, 6) is -3.52. The molecule has 0 aromatic heterocycles. The molecule has 98 valence electrons. The van der Waals surface area contributed by atoms with Crippen molar-refractivity contribution in [3.8, 4) is 0 Å². The van der Waals surface area contributed by atoms with Crippen LogP contribution < -0.4 is 0 Å². The molecule has 0 saturated heterocycles. The summed E-state index contributed by atoms with van der Waals surface area (Å²) in [5.41, 5.74) is -2.75. The number of carboxylic acids is 1. The first-order valence-electron chi connectivity index (χ1n) is 5.27. The van der Waals surface area contributed by atoms with Crippen molar-refractivity contribution in [1.82, 2.24) is 0 Å². The highest BCUT2D eigenvalue weighted by molar-refractivity contribution is 6.08. The molecule has 0 bridgehead atoms. The van der Waals surface area contributed by atoms with Gasteiger partial charge in [0.2, 0.25) is 5.60 Å². The van der Waals surface area contributed by atoms with Crippen LogP contribution in [0.2, 0.25) is 0 Å². The van der Waals surface area contributed by atoms with Crippen molar-refractivity contribution >= 4 is 11.8 Å². The molecule has 0 aromatic rings. The van der Waals surface area contributed by atoms with E-state index in [4.69, 9.17) is 5.11 Å². The highest BCUT2D eigenvalue weighted by atomic mass is 19.4. The monoisotopic (exact) mass is 254 g/mol. The second-order valence-electron chi connectivity index (χ2n) is 4.04. The number of carbonyl (C=O) groups is 2. The zero-order chi connectivity index (χ0) is 13.3. The number of ketones is 1. The molecule has 0 aliphatic heterocycles. The molecule has 4 nitrogen and oxygen atoms in total. The van der Waals surface area contributed by atoms with Gasteiger partial charge in [0.25, 0.3) is 0 Å². The van der Waals surface area contributed by atoms with E-state index >= 15 is 0 Å². The van der Waals surface area contributed by atoms with Gasteiger partial charge in [0.1, 0.15) is 0 Å². The largest absolute Gasteiger partial charge is 0.524 e. The number of halogens is 3. The van der Waals surface area contributed by atoms with Crippen LogP contribution in [0.25, 0.3) is 0 Å². The number of hydrogen-bond donors (Lipinski definition) is 1. The van der Waals surface area contributed by atoms with Crippen molar-refractivity contribution in [2.24, 2.45) is 5.92 Å². The Bertz CT molecular complexity index is 326. The van der Waals surface area contributed by atoms with E-state index in [-0.39, 0.29) is 6.42 Å². The molecule has 1 rings (SSSR count). The van der Waals surface area contributed by atoms with Crippen molar-refractivity contribution in [2.75, 3.05) is 0 Å². The fourth-order valence-corrected chi connectivity index (χ4v) is 2.13. The van der Waals surface area contributed by atoms with Crippen LogP contribution in [-0.2, 0) is 14.3 Å². The number of carboxylic acid groups (broad SMARTS) is 1. The van der Waals surface area contributed by atoms with Gasteiger partial charge in [-0.2, -0.15) is 0 Å². The third-order valence-corrected chi connectivity index (χ3v) is 2.98. The summed E-state index contributed by atoms with van der Waals surface area (Å²) < 4.78 is 40.3. The Morgan fingerprint density at radius 1 is 1.59 bits per heavy atom. The van der Waals surface area contributed by atoms with Crippen LogP contribution in [-0.4, -0.2) is 28.8 Å². The van der Waals surface area contributed by atoms with Gasteiger partial charge in [-0.1, -0.05) is 6.92 Å². The predicted molar refractivity (Wildman–Crippen MR) is 50.1 cm³/mol. The zero-order valence-electron chi connectivity index (χ0n) is 9.21. The third kappa shape index (κ3) is 2.77. The third-order valence-electron chi connectivity index (χ3n) is 2.98. The van der Waals surface area contributed by atoms with E-state index in [0.29, 0.717) is 12.8 Å². The molecule has 1 aliphatic rings. The average Bonchev–Trinajstić information content (AvgIpc) is 2.19. The fraction of sp³-hybridized carbons (Fsp3) is 0.800. The highest BCUT2D eigenvalue weighted by Crippen LogP contribution is 2.38. The Balaban J connectivity index is 3.06. The smallest absolute Gasteiger partial charge is 0.479 e. The van der Waals surface area contributed by atoms with Gasteiger partial charge < -0.3 is 5.11 Å². The van der Waals surface area contributed by atoms with Crippen LogP contribution in [0.3, 0.4) is 0 Å². The molecular weight excluding hydrogens is 241 g/mol. The first-order valence-corrected chi connectivity index (χ1v) is 5.27. The van der Waals surface area contributed by atoms with Gasteiger partial charge in [-0.15, -0.1) is 13.2 Å². The van der Waals surface area contributed by atoms with Gasteiger partial charge in [0.15, 0.2) is 5.78 Å². The quantitative estimate of drug-likeness (QED) is 0.783. The lowest BCUT2D eigenvalue weighted by Gasteiger charge is -2.35. The number of ether oxygens (including phenoxy) is 1. The van der Waals surface area contributed by atoms with E-state index in [1.165, 1.54) is 0 Å². The van der Waals surface area contributed by atoms with Gasteiger partial charge in [0.05, 0.1) is 0 Å². The molecule has 1 aliphatic carbocycles. The molecule has 0 spiro atoms. The van der Waals surface area contributed by atoms with Gasteiger partial charge in [0, 0.05) is 5.92 Å². The van der Waals surface area contributed by atoms with Gasteiger partial charge >= 0.3 is 12.3 Å². The summed E-state index contributed by atoms with van der Waals surface area (Å²) in [6, 6.07) is 0. The number of carbonyl (C=O) groups excluding carboxylic acids is 1. The van der Waals surface area contributed by atoms with E-state index in [9.17, 15) is 22.8 Å². The van der Waals surface area contributed by atoms with Crippen LogP contribution in [0.1, 0.15) is 32.6 Å². The van der Waals surface area contributed by atoms with E-state index in [1.54, 1.807) is 6.92 Å². The minimum Gasteiger partial charge on any atom is -0.479 e. The Morgan fingerprint density at radius 2 is 2.18 bits per heavy atom. The zero-order valence-corrected chi connectivity index (χ0v) is 9.21. The van der Waals surface area contributed by atoms with Crippen molar-refractivity contribution < 1.29 is 32.6 Å². The molecular formula is C10H13F3O4. The maximum atomic E-state index is 12.2. The Hall–Kier alpha value is -1.11. The van der Waals surface area contributed by atoms with E-state index < -0.39 is 36.1 Å². The van der Waals surface area contributed by atoms with Crippen LogP contribution >= 0.6 is 0 Å². The van der Waals surface area contributed by atoms with Crippen LogP contribution in [0.5, 0.6) is 0 Å². The molecule has 0 heterocycles. The summed E-state index contributed by atoms with van der Waals surface area (Å²) in [7, 11) is 0. The number of alkyl halides is 3. The van der Waals surface area contributed by atoms with E-state index in [2.05, 4.69) is 4.74 Å². The van der Waals surface area contributed by atoms with Crippen LogP contribution in [0.15, 0.2) is 0 Å². The highest BCUT2D eigenvalue weighted by Gasteiger charge is 2.57. The fourth-order valence-electron chi connectivity index (χ4n) is 2.13. The molecule has 17 heavy (non-hydrogen) atoms. The lowest BCUT2D eigenvalue weighted by molar-refractivity contribution is -0.357. The van der Waals surface area contributed by atoms with Crippen molar-refractivity contribution in [3.63, 3.8) is 0 Å². The summed E-state index contributed by atoms with van der Waals surface area (Å²) in [6.45, 7) is 1.63. The van der Waals surface area contributed by atoms with E-state index in [1.807, 2.05) is 0 Å². The van der Waals surface area contributed by atoms with E-state index in [0.717, 1.165) is 0 Å². The predicted octanol–water partition coefficient (Wildman–Crippen LogP) is 2.13. The standard InChI is InChI=1S/C10H13F3O4/c1-2-6-4-3-5-9(7(6)14,8(15)16)17-10(11,12)13/h6H,2-5H2,1H3,(H,15,16). The normalized spacial score (nSPS) is 30.4. The summed E-state index contributed by atoms with van der Waals surface area (Å²) in [6.07, 6.45) is -4.62.